The number of hydrogen-bond acceptors (Lipinski definition) is 3. The molecule has 0 bridgehead atoms. The highest BCUT2D eigenvalue weighted by molar-refractivity contribution is 7.89. The van der Waals surface area contributed by atoms with Crippen LogP contribution in [0.3, 0.4) is 0 Å². The van der Waals surface area contributed by atoms with E-state index in [9.17, 15) is 12.8 Å². The van der Waals surface area contributed by atoms with E-state index in [1.165, 1.54) is 6.07 Å². The van der Waals surface area contributed by atoms with E-state index in [0.717, 1.165) is 25.0 Å². The first-order valence-electron chi connectivity index (χ1n) is 5.30. The molecule has 1 aromatic carbocycles. The molecule has 1 aliphatic rings. The van der Waals surface area contributed by atoms with E-state index in [1.807, 2.05) is 0 Å². The van der Waals surface area contributed by atoms with Crippen LogP contribution in [0.1, 0.15) is 25.3 Å². The Morgan fingerprint density at radius 2 is 2.12 bits per heavy atom. The molecule has 0 saturated heterocycles. The Morgan fingerprint density at radius 1 is 1.47 bits per heavy atom. The van der Waals surface area contributed by atoms with Crippen LogP contribution in [0.25, 0.3) is 0 Å². The molecule has 0 amide bonds. The van der Waals surface area contributed by atoms with Gasteiger partial charge in [0.1, 0.15) is 5.82 Å². The average Bonchev–Trinajstić information content (AvgIpc) is 2.95. The third-order valence-corrected chi connectivity index (χ3v) is 4.59. The van der Waals surface area contributed by atoms with E-state index in [2.05, 4.69) is 4.72 Å². The van der Waals surface area contributed by atoms with Crippen molar-refractivity contribution in [1.82, 2.24) is 4.72 Å². The van der Waals surface area contributed by atoms with E-state index < -0.39 is 28.0 Å². The Bertz CT molecular complexity index is 538. The lowest BCUT2D eigenvalue weighted by molar-refractivity contribution is 0.278. The Morgan fingerprint density at radius 3 is 2.65 bits per heavy atom. The summed E-state index contributed by atoms with van der Waals surface area (Å²) in [5.41, 5.74) is -0.221. The summed E-state index contributed by atoms with van der Waals surface area (Å²) in [7, 11) is -3.77. The highest BCUT2D eigenvalue weighted by Crippen LogP contribution is 2.36. The smallest absolute Gasteiger partial charge is 0.241 e. The number of hydrogen-bond donors (Lipinski definition) is 2. The maximum Gasteiger partial charge on any atom is 0.241 e. The predicted octanol–water partition coefficient (Wildman–Crippen LogP) is 1.15. The largest absolute Gasteiger partial charge is 0.392 e. The number of halogens is 1. The molecule has 0 aromatic heterocycles. The van der Waals surface area contributed by atoms with Gasteiger partial charge in [-0.05, 0) is 37.5 Å². The van der Waals surface area contributed by atoms with Gasteiger partial charge in [-0.1, -0.05) is 6.07 Å². The lowest BCUT2D eigenvalue weighted by Crippen LogP contribution is -2.34. The molecule has 1 fully saturated rings. The van der Waals surface area contributed by atoms with Crippen LogP contribution in [0.5, 0.6) is 0 Å². The zero-order valence-electron chi connectivity index (χ0n) is 9.40. The third-order valence-electron chi connectivity index (χ3n) is 2.87. The molecule has 1 aromatic rings. The highest BCUT2D eigenvalue weighted by Gasteiger charge is 2.41. The van der Waals surface area contributed by atoms with Gasteiger partial charge in [0.25, 0.3) is 0 Å². The fraction of sp³-hybridized carbons (Fsp3) is 0.455. The SMILES string of the molecule is CC1(NS(=O)(=O)c2cc(F)ccc2CO)CC1. The Balaban J connectivity index is 2.41. The topological polar surface area (TPSA) is 66.4 Å². The number of benzene rings is 1. The van der Waals surface area contributed by atoms with Crippen molar-refractivity contribution >= 4 is 10.0 Å². The summed E-state index contributed by atoms with van der Waals surface area (Å²) in [5.74, 6) is -0.636. The monoisotopic (exact) mass is 259 g/mol. The van der Waals surface area contributed by atoms with Gasteiger partial charge in [-0.3, -0.25) is 0 Å². The number of aliphatic hydroxyl groups excluding tert-OH is 1. The van der Waals surface area contributed by atoms with Gasteiger partial charge in [0.2, 0.25) is 10.0 Å². The molecule has 0 spiro atoms. The van der Waals surface area contributed by atoms with Crippen molar-refractivity contribution in [2.45, 2.75) is 36.8 Å². The molecule has 94 valence electrons. The summed E-state index contributed by atoms with van der Waals surface area (Å²) in [6, 6.07) is 3.34. The van der Waals surface area contributed by atoms with Gasteiger partial charge < -0.3 is 5.11 Å². The lowest BCUT2D eigenvalue weighted by atomic mass is 10.2. The first-order chi connectivity index (χ1) is 7.86. The van der Waals surface area contributed by atoms with E-state index in [1.54, 1.807) is 6.92 Å². The number of aliphatic hydroxyl groups is 1. The van der Waals surface area contributed by atoms with Crippen LogP contribution < -0.4 is 4.72 Å². The van der Waals surface area contributed by atoms with Gasteiger partial charge in [0, 0.05) is 5.54 Å². The van der Waals surface area contributed by atoms with Crippen LogP contribution in [-0.2, 0) is 16.6 Å². The fourth-order valence-corrected chi connectivity index (χ4v) is 3.29. The standard InChI is InChI=1S/C11H14FNO3S/c1-11(4-5-11)13-17(15,16)10-6-9(12)3-2-8(10)7-14/h2-3,6,13-14H,4-5,7H2,1H3. The molecule has 0 atom stereocenters. The maximum atomic E-state index is 13.1. The van der Waals surface area contributed by atoms with Crippen LogP contribution in [0.2, 0.25) is 0 Å². The average molecular weight is 259 g/mol. The van der Waals surface area contributed by atoms with Crippen LogP contribution in [0, 0.1) is 5.82 Å². The molecule has 1 saturated carbocycles. The first kappa shape index (κ1) is 12.5. The second-order valence-electron chi connectivity index (χ2n) is 4.58. The van der Waals surface area contributed by atoms with Crippen molar-refractivity contribution in [2.75, 3.05) is 0 Å². The van der Waals surface area contributed by atoms with Crippen LogP contribution in [0.15, 0.2) is 23.1 Å². The van der Waals surface area contributed by atoms with E-state index in [-0.39, 0.29) is 10.5 Å². The zero-order valence-corrected chi connectivity index (χ0v) is 10.2. The van der Waals surface area contributed by atoms with Crippen molar-refractivity contribution in [2.24, 2.45) is 0 Å². The summed E-state index contributed by atoms with van der Waals surface area (Å²) in [6.45, 7) is 1.36. The highest BCUT2D eigenvalue weighted by atomic mass is 32.2. The predicted molar refractivity (Wildman–Crippen MR) is 60.3 cm³/mol. The molecule has 0 aliphatic heterocycles. The normalized spacial score (nSPS) is 18.1. The molecule has 2 N–H and O–H groups in total. The third kappa shape index (κ3) is 2.65. The zero-order chi connectivity index (χ0) is 12.7. The van der Waals surface area contributed by atoms with Crippen LogP contribution >= 0.6 is 0 Å². The molecule has 2 rings (SSSR count). The molecule has 1 aliphatic carbocycles. The summed E-state index contributed by atoms with van der Waals surface area (Å²) in [4.78, 5) is -0.187. The lowest BCUT2D eigenvalue weighted by Gasteiger charge is -2.14. The van der Waals surface area contributed by atoms with Gasteiger partial charge in [-0.15, -0.1) is 0 Å². The van der Waals surface area contributed by atoms with E-state index >= 15 is 0 Å². The van der Waals surface area contributed by atoms with E-state index in [4.69, 9.17) is 5.11 Å². The number of sulfonamides is 1. The van der Waals surface area contributed by atoms with Crippen molar-refractivity contribution in [3.8, 4) is 0 Å². The van der Waals surface area contributed by atoms with Gasteiger partial charge in [-0.25, -0.2) is 17.5 Å². The summed E-state index contributed by atoms with van der Waals surface area (Å²) >= 11 is 0. The van der Waals surface area contributed by atoms with Gasteiger partial charge >= 0.3 is 0 Å². The minimum Gasteiger partial charge on any atom is -0.392 e. The molecular weight excluding hydrogens is 245 g/mol. The molecular formula is C11H14FNO3S. The van der Waals surface area contributed by atoms with Gasteiger partial charge in [0.15, 0.2) is 0 Å². The first-order valence-corrected chi connectivity index (χ1v) is 6.78. The van der Waals surface area contributed by atoms with Crippen molar-refractivity contribution in [1.29, 1.82) is 0 Å². The van der Waals surface area contributed by atoms with Crippen LogP contribution in [-0.4, -0.2) is 19.1 Å². The Labute approximate surface area is 99.5 Å². The summed E-state index contributed by atoms with van der Waals surface area (Å²) < 4.78 is 39.7. The minimum atomic E-state index is -3.77. The second kappa shape index (κ2) is 4.04. The molecule has 4 nitrogen and oxygen atoms in total. The molecule has 0 heterocycles. The fourth-order valence-electron chi connectivity index (χ4n) is 1.58. The molecule has 0 unspecified atom stereocenters. The molecule has 0 radical (unpaired) electrons. The quantitative estimate of drug-likeness (QED) is 0.852. The van der Waals surface area contributed by atoms with Crippen molar-refractivity contribution in [3.63, 3.8) is 0 Å². The van der Waals surface area contributed by atoms with E-state index in [0.29, 0.717) is 0 Å². The van der Waals surface area contributed by atoms with Crippen molar-refractivity contribution < 1.29 is 17.9 Å². The minimum absolute atomic E-state index is 0.187. The summed E-state index contributed by atoms with van der Waals surface area (Å²) in [5, 5.41) is 9.07. The number of rotatable bonds is 4. The number of nitrogens with one attached hydrogen (secondary N) is 1. The Hall–Kier alpha value is -0.980. The Kier molecular flexibility index (Phi) is 2.97. The molecule has 6 heteroatoms. The summed E-state index contributed by atoms with van der Waals surface area (Å²) in [6.07, 6.45) is 1.55. The van der Waals surface area contributed by atoms with Gasteiger partial charge in [-0.2, -0.15) is 0 Å². The van der Waals surface area contributed by atoms with Crippen molar-refractivity contribution in [3.05, 3.63) is 29.6 Å². The van der Waals surface area contributed by atoms with Gasteiger partial charge in [0.05, 0.1) is 11.5 Å². The second-order valence-corrected chi connectivity index (χ2v) is 6.23. The maximum absolute atomic E-state index is 13.1. The molecule has 17 heavy (non-hydrogen) atoms. The van der Waals surface area contributed by atoms with Crippen LogP contribution in [0.4, 0.5) is 4.39 Å².